The quantitative estimate of drug-likeness (QED) is 0.694. The van der Waals surface area contributed by atoms with E-state index in [0.29, 0.717) is 33.3 Å². The van der Waals surface area contributed by atoms with Gasteiger partial charge >= 0.3 is 0 Å². The van der Waals surface area contributed by atoms with Crippen LogP contribution in [0.3, 0.4) is 0 Å². The Hall–Kier alpha value is -2.20. The third-order valence-corrected chi connectivity index (χ3v) is 3.65. The molecule has 0 aliphatic heterocycles. The first-order valence-electron chi connectivity index (χ1n) is 6.31. The summed E-state index contributed by atoms with van der Waals surface area (Å²) in [6, 6.07) is 8.36. The van der Waals surface area contributed by atoms with Crippen LogP contribution in [0, 0.1) is 6.92 Å². The molecule has 2 rings (SSSR count). The molecule has 21 heavy (non-hydrogen) atoms. The summed E-state index contributed by atoms with van der Waals surface area (Å²) < 4.78 is 10.4. The molecule has 0 amide bonds. The number of nitrogens with two attached hydrogens (primary N) is 1. The van der Waals surface area contributed by atoms with E-state index < -0.39 is 0 Å². The van der Waals surface area contributed by atoms with Crippen LogP contribution in [0.15, 0.2) is 30.3 Å². The zero-order valence-corrected chi connectivity index (χ0v) is 12.8. The maximum atomic E-state index is 12.7. The second kappa shape index (κ2) is 6.06. The SMILES string of the molecule is COc1cc(Cl)c(C(=O)c2cccc(N)c2C)cc1OC. The van der Waals surface area contributed by atoms with Crippen molar-refractivity contribution in [2.75, 3.05) is 20.0 Å². The molecule has 2 N–H and O–H groups in total. The van der Waals surface area contributed by atoms with Gasteiger partial charge in [-0.2, -0.15) is 0 Å². The van der Waals surface area contributed by atoms with Crippen molar-refractivity contribution in [1.82, 2.24) is 0 Å². The summed E-state index contributed by atoms with van der Waals surface area (Å²) in [5.41, 5.74) is 8.01. The van der Waals surface area contributed by atoms with E-state index in [-0.39, 0.29) is 5.78 Å². The highest BCUT2D eigenvalue weighted by Crippen LogP contribution is 2.34. The van der Waals surface area contributed by atoms with Gasteiger partial charge in [0.05, 0.1) is 19.2 Å². The highest BCUT2D eigenvalue weighted by molar-refractivity contribution is 6.35. The van der Waals surface area contributed by atoms with Crippen molar-refractivity contribution in [2.24, 2.45) is 0 Å². The zero-order valence-electron chi connectivity index (χ0n) is 12.1. The Kier molecular flexibility index (Phi) is 4.38. The Morgan fingerprint density at radius 2 is 1.71 bits per heavy atom. The first kappa shape index (κ1) is 15.2. The minimum absolute atomic E-state index is 0.203. The van der Waals surface area contributed by atoms with Crippen molar-refractivity contribution < 1.29 is 14.3 Å². The third-order valence-electron chi connectivity index (χ3n) is 3.34. The topological polar surface area (TPSA) is 61.5 Å². The summed E-state index contributed by atoms with van der Waals surface area (Å²) in [4.78, 5) is 12.7. The first-order valence-corrected chi connectivity index (χ1v) is 6.68. The highest BCUT2D eigenvalue weighted by atomic mass is 35.5. The third kappa shape index (κ3) is 2.81. The molecule has 0 saturated carbocycles. The van der Waals surface area contributed by atoms with E-state index in [1.807, 2.05) is 0 Å². The van der Waals surface area contributed by atoms with Crippen LogP contribution in [-0.4, -0.2) is 20.0 Å². The highest BCUT2D eigenvalue weighted by Gasteiger charge is 2.19. The molecule has 2 aromatic rings. The van der Waals surface area contributed by atoms with E-state index in [1.165, 1.54) is 14.2 Å². The number of carbonyl (C=O) groups is 1. The molecule has 0 unspecified atom stereocenters. The average Bonchev–Trinajstić information content (AvgIpc) is 2.49. The van der Waals surface area contributed by atoms with Crippen LogP contribution in [0.1, 0.15) is 21.5 Å². The largest absolute Gasteiger partial charge is 0.493 e. The molecule has 0 aliphatic rings. The Labute approximate surface area is 128 Å². The van der Waals surface area contributed by atoms with Gasteiger partial charge in [-0.05, 0) is 24.6 Å². The molecule has 4 nitrogen and oxygen atoms in total. The smallest absolute Gasteiger partial charge is 0.195 e. The number of nitrogen functional groups attached to an aromatic ring is 1. The molecular formula is C16H16ClNO3. The number of hydrogen-bond acceptors (Lipinski definition) is 4. The van der Waals surface area contributed by atoms with Crippen molar-refractivity contribution in [3.8, 4) is 11.5 Å². The Balaban J connectivity index is 2.56. The fourth-order valence-corrected chi connectivity index (χ4v) is 2.31. The van der Waals surface area contributed by atoms with Gasteiger partial charge in [-0.15, -0.1) is 0 Å². The van der Waals surface area contributed by atoms with Gasteiger partial charge in [0.25, 0.3) is 0 Å². The molecule has 0 saturated heterocycles. The predicted molar refractivity (Wildman–Crippen MR) is 83.6 cm³/mol. The van der Waals surface area contributed by atoms with Crippen molar-refractivity contribution in [3.63, 3.8) is 0 Å². The lowest BCUT2D eigenvalue weighted by atomic mass is 9.97. The maximum absolute atomic E-state index is 12.7. The van der Waals surface area contributed by atoms with Gasteiger partial charge < -0.3 is 15.2 Å². The van der Waals surface area contributed by atoms with Crippen LogP contribution in [0.25, 0.3) is 0 Å². The molecule has 0 radical (unpaired) electrons. The van der Waals surface area contributed by atoms with E-state index in [1.54, 1.807) is 37.3 Å². The second-order valence-corrected chi connectivity index (χ2v) is 4.94. The number of ether oxygens (including phenoxy) is 2. The van der Waals surface area contributed by atoms with E-state index >= 15 is 0 Å². The summed E-state index contributed by atoms with van der Waals surface area (Å²) in [5, 5.41) is 0.305. The summed E-state index contributed by atoms with van der Waals surface area (Å²) in [7, 11) is 3.02. The van der Waals surface area contributed by atoms with Gasteiger partial charge in [0, 0.05) is 22.9 Å². The average molecular weight is 306 g/mol. The fourth-order valence-electron chi connectivity index (χ4n) is 2.07. The Bertz CT molecular complexity index is 698. The van der Waals surface area contributed by atoms with Gasteiger partial charge in [-0.25, -0.2) is 0 Å². The molecule has 0 aromatic heterocycles. The second-order valence-electron chi connectivity index (χ2n) is 4.54. The fraction of sp³-hybridized carbons (Fsp3) is 0.188. The zero-order chi connectivity index (χ0) is 15.6. The molecule has 0 heterocycles. The molecule has 0 fully saturated rings. The minimum atomic E-state index is -0.203. The van der Waals surface area contributed by atoms with E-state index in [0.717, 1.165) is 5.56 Å². The Morgan fingerprint density at radius 1 is 1.10 bits per heavy atom. The lowest BCUT2D eigenvalue weighted by Gasteiger charge is -2.12. The minimum Gasteiger partial charge on any atom is -0.493 e. The number of halogens is 1. The van der Waals surface area contributed by atoms with Gasteiger partial charge in [0.15, 0.2) is 17.3 Å². The number of ketones is 1. The number of methoxy groups -OCH3 is 2. The molecular weight excluding hydrogens is 290 g/mol. The monoisotopic (exact) mass is 305 g/mol. The van der Waals surface area contributed by atoms with Crippen LogP contribution >= 0.6 is 11.6 Å². The summed E-state index contributed by atoms with van der Waals surface area (Å²) in [6.45, 7) is 1.80. The molecule has 0 spiro atoms. The van der Waals surface area contributed by atoms with Gasteiger partial charge in [-0.3, -0.25) is 4.79 Å². The number of hydrogen-bond donors (Lipinski definition) is 1. The van der Waals surface area contributed by atoms with Gasteiger partial charge in [-0.1, -0.05) is 23.7 Å². The standard InChI is InChI=1S/C16H16ClNO3/c1-9-10(5-4-6-13(9)18)16(19)11-7-14(20-2)15(21-3)8-12(11)17/h4-8H,18H2,1-3H3. The number of rotatable bonds is 4. The van der Waals surface area contributed by atoms with Crippen molar-refractivity contribution >= 4 is 23.1 Å². The van der Waals surface area contributed by atoms with Gasteiger partial charge in [0.2, 0.25) is 0 Å². The number of benzene rings is 2. The van der Waals surface area contributed by atoms with Crippen molar-refractivity contribution in [2.45, 2.75) is 6.92 Å². The molecule has 110 valence electrons. The summed E-state index contributed by atoms with van der Waals surface area (Å²) >= 11 is 6.19. The van der Waals surface area contributed by atoms with Crippen LogP contribution in [-0.2, 0) is 0 Å². The summed E-state index contributed by atoms with van der Waals surface area (Å²) in [6.07, 6.45) is 0. The van der Waals surface area contributed by atoms with Gasteiger partial charge in [0.1, 0.15) is 0 Å². The molecule has 0 bridgehead atoms. The van der Waals surface area contributed by atoms with Crippen LogP contribution in [0.5, 0.6) is 11.5 Å². The predicted octanol–water partition coefficient (Wildman–Crippen LogP) is 3.48. The van der Waals surface area contributed by atoms with Crippen LogP contribution in [0.4, 0.5) is 5.69 Å². The maximum Gasteiger partial charge on any atom is 0.195 e. The number of carbonyl (C=O) groups excluding carboxylic acids is 1. The molecule has 2 aromatic carbocycles. The van der Waals surface area contributed by atoms with Crippen LogP contribution < -0.4 is 15.2 Å². The van der Waals surface area contributed by atoms with E-state index in [4.69, 9.17) is 26.8 Å². The Morgan fingerprint density at radius 3 is 2.33 bits per heavy atom. The van der Waals surface area contributed by atoms with E-state index in [9.17, 15) is 4.79 Å². The van der Waals surface area contributed by atoms with E-state index in [2.05, 4.69) is 0 Å². The number of anilines is 1. The molecule has 0 atom stereocenters. The normalized spacial score (nSPS) is 10.3. The summed E-state index contributed by atoms with van der Waals surface area (Å²) in [5.74, 6) is 0.723. The van der Waals surface area contributed by atoms with Crippen molar-refractivity contribution in [1.29, 1.82) is 0 Å². The molecule has 5 heteroatoms. The molecule has 0 aliphatic carbocycles. The van der Waals surface area contributed by atoms with Crippen LogP contribution in [0.2, 0.25) is 5.02 Å². The van der Waals surface area contributed by atoms with Crippen molar-refractivity contribution in [3.05, 3.63) is 52.0 Å². The lowest BCUT2D eigenvalue weighted by Crippen LogP contribution is -2.07. The lowest BCUT2D eigenvalue weighted by molar-refractivity contribution is 0.103. The first-order chi connectivity index (χ1) is 9.99.